The molecule has 0 saturated heterocycles. The van der Waals surface area contributed by atoms with Gasteiger partial charge >= 0.3 is 34.5 Å². The highest BCUT2D eigenvalue weighted by Crippen LogP contribution is 1.64. The summed E-state index contributed by atoms with van der Waals surface area (Å²) in [6.07, 6.45) is -3.02. The monoisotopic (exact) mass is 321 g/mol. The van der Waals surface area contributed by atoms with Crippen LogP contribution in [0.5, 0.6) is 0 Å². The molecule has 0 saturated carbocycles. The van der Waals surface area contributed by atoms with Crippen molar-refractivity contribution in [2.75, 3.05) is 0 Å². The molecule has 0 fully saturated rings. The van der Waals surface area contributed by atoms with E-state index in [0.717, 1.165) is 4.72 Å². The lowest BCUT2D eigenvalue weighted by atomic mass is 11.2. The Hall–Kier alpha value is -3.01. The van der Waals surface area contributed by atoms with Gasteiger partial charge in [0.1, 0.15) is 0 Å². The summed E-state index contributed by atoms with van der Waals surface area (Å²) in [4.78, 5) is 36.2. The first-order chi connectivity index (χ1) is 8.61. The maximum atomic E-state index is 9.73. The fourth-order valence-electron chi connectivity index (χ4n) is 0.122. The van der Waals surface area contributed by atoms with Crippen molar-refractivity contribution in [2.24, 2.45) is 33.8 Å². The van der Waals surface area contributed by atoms with Crippen molar-refractivity contribution in [3.05, 3.63) is 0 Å². The first kappa shape index (κ1) is 25.7. The number of rotatable bonds is 1. The fraction of sp³-hybridized carbons (Fsp3) is 0. The Morgan fingerprint density at radius 2 is 0.950 bits per heavy atom. The fourth-order valence-corrected chi connectivity index (χ4v) is 0.365. The number of carboxylic acid groups (broad SMARTS) is 2. The average Bonchev–Trinajstić information content (AvgIpc) is 1.92. The third-order valence-corrected chi connectivity index (χ3v) is 0.689. The van der Waals surface area contributed by atoms with Crippen molar-refractivity contribution in [3.8, 4) is 0 Å². The lowest BCUT2D eigenvalue weighted by Crippen LogP contribution is -2.34. The van der Waals surface area contributed by atoms with Gasteiger partial charge in [-0.3, -0.25) is 0 Å². The Bertz CT molecular complexity index is 378. The molecule has 0 radical (unpaired) electrons. The molecule has 15 N–H and O–H groups in total. The van der Waals surface area contributed by atoms with E-state index in [1.54, 1.807) is 0 Å². The first-order valence-corrected chi connectivity index (χ1v) is 5.28. The van der Waals surface area contributed by atoms with E-state index in [-0.39, 0.29) is 0 Å². The lowest BCUT2D eigenvalue weighted by molar-refractivity contribution is 0.200. The highest BCUT2D eigenvalue weighted by molar-refractivity contribution is 7.87. The van der Waals surface area contributed by atoms with Crippen molar-refractivity contribution in [1.29, 1.82) is 0 Å². The minimum absolute atomic E-state index is 0.833. The van der Waals surface area contributed by atoms with Crippen LogP contribution in [0.25, 0.3) is 0 Å². The van der Waals surface area contributed by atoms with E-state index in [2.05, 4.69) is 33.8 Å². The summed E-state index contributed by atoms with van der Waals surface area (Å²) < 4.78 is 20.5. The van der Waals surface area contributed by atoms with E-state index in [1.807, 2.05) is 0 Å². The molecule has 0 rings (SSSR count). The summed E-state index contributed by atoms with van der Waals surface area (Å²) in [6, 6.07) is -1.67. The van der Waals surface area contributed by atoms with Gasteiger partial charge in [-0.15, -0.1) is 0 Å². The number of amides is 6. The van der Waals surface area contributed by atoms with Crippen molar-refractivity contribution < 1.29 is 37.8 Å². The zero-order valence-electron chi connectivity index (χ0n) is 9.72. The number of nitrogens with two attached hydrogens (primary N) is 6. The highest BCUT2D eigenvalue weighted by atomic mass is 32.2. The number of hydrogen-bond acceptors (Lipinski definition) is 6. The minimum Gasteiger partial charge on any atom is -0.465 e. The Kier molecular flexibility index (Phi) is 18.1. The van der Waals surface area contributed by atoms with Gasteiger partial charge in [-0.2, -0.15) is 8.42 Å². The van der Waals surface area contributed by atoms with Crippen molar-refractivity contribution >= 4 is 34.5 Å². The molecule has 20 heavy (non-hydrogen) atoms. The smallest absolute Gasteiger partial charge is 0.419 e. The average molecular weight is 321 g/mol. The first-order valence-electron chi connectivity index (χ1n) is 3.73. The van der Waals surface area contributed by atoms with E-state index < -0.39 is 34.5 Å². The van der Waals surface area contributed by atoms with Crippen LogP contribution in [0.1, 0.15) is 0 Å². The largest absolute Gasteiger partial charge is 0.465 e. The van der Waals surface area contributed by atoms with Crippen LogP contribution in [0.3, 0.4) is 0 Å². The molecule has 6 amide bonds. The lowest BCUT2D eigenvalue weighted by Gasteiger charge is -1.91. The summed E-state index contributed by atoms with van der Waals surface area (Å²) in [5.74, 6) is 0. The molecule has 0 heterocycles. The van der Waals surface area contributed by atoms with Gasteiger partial charge < -0.3 is 38.9 Å². The van der Waals surface area contributed by atoms with Gasteiger partial charge in [0.25, 0.3) is 0 Å². The van der Waals surface area contributed by atoms with Crippen LogP contribution in [0.2, 0.25) is 0 Å². The quantitative estimate of drug-likeness (QED) is 0.229. The topological polar surface area (TPSA) is 311 Å². The molecular formula is C4H15N7O8S. The molecule has 0 aliphatic carbocycles. The molecule has 15 nitrogen and oxygen atoms in total. The van der Waals surface area contributed by atoms with Gasteiger partial charge in [-0.25, -0.2) is 29.0 Å². The van der Waals surface area contributed by atoms with Crippen LogP contribution in [0.4, 0.5) is 19.2 Å². The second kappa shape index (κ2) is 14.1. The summed E-state index contributed by atoms with van der Waals surface area (Å²) in [5.41, 5.74) is 21.0. The van der Waals surface area contributed by atoms with Crippen LogP contribution in [0, 0.1) is 0 Å². The number of carbonyl (C=O) groups is 4. The number of primary amides is 5. The third kappa shape index (κ3) is 741. The Labute approximate surface area is 112 Å². The Balaban J connectivity index is -0.0000000917. The molecule has 0 aliphatic rings. The van der Waals surface area contributed by atoms with Gasteiger partial charge in [-0.05, 0) is 0 Å². The highest BCUT2D eigenvalue weighted by Gasteiger charge is 2.03. The van der Waals surface area contributed by atoms with Gasteiger partial charge in [0, 0.05) is 0 Å². The normalized spacial score (nSPS) is 7.85. The predicted molar refractivity (Wildman–Crippen MR) is 64.0 cm³/mol. The van der Waals surface area contributed by atoms with Crippen LogP contribution < -0.4 is 38.5 Å². The van der Waals surface area contributed by atoms with Gasteiger partial charge in [-0.1, -0.05) is 0 Å². The van der Waals surface area contributed by atoms with Crippen LogP contribution in [0.15, 0.2) is 0 Å². The molecule has 0 atom stereocenters. The number of carbonyl (C=O) groups excluding carboxylic acids is 2. The summed E-state index contributed by atoms with van der Waals surface area (Å²) in [5, 5.41) is 19.1. The SMILES string of the molecule is NC(=O)O.NC(N)=O.NC(N)=O.NS(=O)(=O)NC(=O)O. The Morgan fingerprint density at radius 1 is 0.800 bits per heavy atom. The van der Waals surface area contributed by atoms with Crippen molar-refractivity contribution in [2.45, 2.75) is 0 Å². The van der Waals surface area contributed by atoms with Crippen LogP contribution in [-0.2, 0) is 10.2 Å². The molecule has 0 aromatic rings. The summed E-state index contributed by atoms with van der Waals surface area (Å²) in [7, 11) is -4.07. The zero-order valence-corrected chi connectivity index (χ0v) is 10.5. The number of urea groups is 2. The second-order valence-corrected chi connectivity index (χ2v) is 3.39. The standard InChI is InChI=1S/CH4N2O4S.2CH4N2O.CH3NO2/c2-8(6,7)3-1(4)5;3*2-1(3)4/h3H,(H,4,5)(H2,2,6,7);2*(H4,2,3,4);2H2,(H,3,4). The third-order valence-electron chi connectivity index (χ3n) is 0.230. The minimum atomic E-state index is -4.07. The van der Waals surface area contributed by atoms with Crippen LogP contribution in [-0.4, -0.2) is 42.9 Å². The summed E-state index contributed by atoms with van der Waals surface area (Å²) >= 11 is 0. The summed E-state index contributed by atoms with van der Waals surface area (Å²) in [6.45, 7) is 0. The molecule has 0 bridgehead atoms. The number of hydrogen-bond donors (Lipinski definition) is 9. The molecule has 0 unspecified atom stereocenters. The molecule has 0 aromatic heterocycles. The van der Waals surface area contributed by atoms with E-state index in [1.165, 1.54) is 0 Å². The van der Waals surface area contributed by atoms with E-state index in [0.29, 0.717) is 0 Å². The molecule has 16 heteroatoms. The molecule has 120 valence electrons. The Morgan fingerprint density at radius 3 is 0.950 bits per heavy atom. The van der Waals surface area contributed by atoms with Gasteiger partial charge in [0.15, 0.2) is 0 Å². The maximum absolute atomic E-state index is 9.73. The predicted octanol–water partition coefficient (Wildman–Crippen LogP) is -3.87. The molecule has 0 aliphatic heterocycles. The van der Waals surface area contributed by atoms with E-state index in [4.69, 9.17) is 24.6 Å². The zero-order chi connectivity index (χ0) is 17.5. The second-order valence-electron chi connectivity index (χ2n) is 2.10. The van der Waals surface area contributed by atoms with Gasteiger partial charge in [0.05, 0.1) is 0 Å². The van der Waals surface area contributed by atoms with Gasteiger partial charge in [0.2, 0.25) is 0 Å². The molecule has 0 spiro atoms. The van der Waals surface area contributed by atoms with Crippen molar-refractivity contribution in [3.63, 3.8) is 0 Å². The van der Waals surface area contributed by atoms with Crippen molar-refractivity contribution in [1.82, 2.24) is 4.72 Å². The van der Waals surface area contributed by atoms with E-state index in [9.17, 15) is 13.2 Å². The van der Waals surface area contributed by atoms with E-state index >= 15 is 0 Å². The number of nitrogens with one attached hydrogen (secondary N) is 1. The molecule has 0 aromatic carbocycles. The van der Waals surface area contributed by atoms with Crippen LogP contribution >= 0.6 is 0 Å². The maximum Gasteiger partial charge on any atom is 0.419 e. The molecular weight excluding hydrogens is 306 g/mol.